The van der Waals surface area contributed by atoms with Crippen LogP contribution < -0.4 is 10.1 Å². The van der Waals surface area contributed by atoms with Crippen LogP contribution in [0.25, 0.3) is 10.6 Å². The molecular weight excluding hydrogens is 312 g/mol. The van der Waals surface area contributed by atoms with Crippen LogP contribution >= 0.6 is 34.3 Å². The summed E-state index contributed by atoms with van der Waals surface area (Å²) >= 11 is 9.25. The smallest absolute Gasteiger partial charge is 0.187 e. The molecule has 0 atom stereocenters. The van der Waals surface area contributed by atoms with Crippen LogP contribution in [-0.4, -0.2) is 12.1 Å². The van der Waals surface area contributed by atoms with Crippen molar-refractivity contribution in [2.75, 3.05) is 12.4 Å². The van der Waals surface area contributed by atoms with E-state index in [0.29, 0.717) is 5.02 Å². The molecule has 102 valence electrons. The van der Waals surface area contributed by atoms with Crippen LogP contribution in [-0.2, 0) is 0 Å². The zero-order chi connectivity index (χ0) is 13.9. The third-order valence-electron chi connectivity index (χ3n) is 2.68. The number of aromatic nitrogens is 1. The number of rotatable bonds is 4. The van der Waals surface area contributed by atoms with Gasteiger partial charge in [-0.15, -0.1) is 22.7 Å². The summed E-state index contributed by atoms with van der Waals surface area (Å²) in [7, 11) is 1.63. The van der Waals surface area contributed by atoms with Gasteiger partial charge in [-0.25, -0.2) is 4.98 Å². The van der Waals surface area contributed by atoms with E-state index in [2.05, 4.69) is 16.4 Å². The van der Waals surface area contributed by atoms with E-state index in [4.69, 9.17) is 16.3 Å². The number of nitrogens with zero attached hydrogens (tertiary/aromatic N) is 1. The molecule has 0 aliphatic carbocycles. The molecule has 0 saturated carbocycles. The molecule has 0 fully saturated rings. The van der Waals surface area contributed by atoms with Crippen molar-refractivity contribution in [2.45, 2.75) is 0 Å². The van der Waals surface area contributed by atoms with Crippen molar-refractivity contribution in [2.24, 2.45) is 0 Å². The Morgan fingerprint density at radius 3 is 2.90 bits per heavy atom. The monoisotopic (exact) mass is 322 g/mol. The highest BCUT2D eigenvalue weighted by Gasteiger charge is 2.09. The molecule has 3 rings (SSSR count). The Hall–Kier alpha value is -1.56. The number of methoxy groups -OCH3 is 1. The highest BCUT2D eigenvalue weighted by molar-refractivity contribution is 7.16. The van der Waals surface area contributed by atoms with Gasteiger partial charge >= 0.3 is 0 Å². The Bertz CT molecular complexity index is 710. The van der Waals surface area contributed by atoms with Gasteiger partial charge in [-0.05, 0) is 29.6 Å². The Morgan fingerprint density at radius 2 is 2.15 bits per heavy atom. The lowest BCUT2D eigenvalue weighted by Gasteiger charge is -2.09. The van der Waals surface area contributed by atoms with E-state index in [1.807, 2.05) is 29.0 Å². The number of hydrogen-bond donors (Lipinski definition) is 1. The average Bonchev–Trinajstić information content (AvgIpc) is 3.09. The minimum absolute atomic E-state index is 0.656. The summed E-state index contributed by atoms with van der Waals surface area (Å²) in [6, 6.07) is 9.53. The van der Waals surface area contributed by atoms with Gasteiger partial charge in [0.15, 0.2) is 5.13 Å². The number of anilines is 2. The van der Waals surface area contributed by atoms with E-state index in [1.54, 1.807) is 35.8 Å². The first-order valence-corrected chi connectivity index (χ1v) is 8.00. The zero-order valence-electron chi connectivity index (χ0n) is 10.6. The zero-order valence-corrected chi connectivity index (χ0v) is 13.0. The largest absolute Gasteiger partial charge is 0.495 e. The van der Waals surface area contributed by atoms with Gasteiger partial charge in [0.1, 0.15) is 5.75 Å². The van der Waals surface area contributed by atoms with Gasteiger partial charge < -0.3 is 10.1 Å². The molecule has 0 spiro atoms. The minimum Gasteiger partial charge on any atom is -0.495 e. The van der Waals surface area contributed by atoms with Crippen molar-refractivity contribution in [3.63, 3.8) is 0 Å². The van der Waals surface area contributed by atoms with Crippen LogP contribution in [0.2, 0.25) is 5.02 Å². The average molecular weight is 323 g/mol. The standard InChI is InChI=1S/C14H11ClN2OS2/c1-18-12-5-4-9(15)7-10(12)16-14-17-11(8-20-14)13-3-2-6-19-13/h2-8H,1H3,(H,16,17). The number of nitrogens with one attached hydrogen (secondary N) is 1. The van der Waals surface area contributed by atoms with Gasteiger partial charge in [0.2, 0.25) is 0 Å². The van der Waals surface area contributed by atoms with Crippen LogP contribution in [0.4, 0.5) is 10.8 Å². The molecule has 1 aromatic carbocycles. The topological polar surface area (TPSA) is 34.1 Å². The van der Waals surface area contributed by atoms with Crippen LogP contribution in [0.3, 0.4) is 0 Å². The number of ether oxygens (including phenoxy) is 1. The summed E-state index contributed by atoms with van der Waals surface area (Å²) in [6.45, 7) is 0. The molecule has 0 unspecified atom stereocenters. The Labute approximate surface area is 129 Å². The van der Waals surface area contributed by atoms with Gasteiger partial charge in [0.25, 0.3) is 0 Å². The number of thiazole rings is 1. The lowest BCUT2D eigenvalue weighted by atomic mass is 10.3. The first-order valence-electron chi connectivity index (χ1n) is 5.86. The first kappa shape index (κ1) is 13.4. The normalized spacial score (nSPS) is 10.5. The highest BCUT2D eigenvalue weighted by Crippen LogP contribution is 2.34. The first-order chi connectivity index (χ1) is 9.76. The van der Waals surface area contributed by atoms with Crippen molar-refractivity contribution >= 4 is 45.1 Å². The molecular formula is C14H11ClN2OS2. The lowest BCUT2D eigenvalue weighted by Crippen LogP contribution is -1.94. The quantitative estimate of drug-likeness (QED) is 0.709. The molecule has 0 radical (unpaired) electrons. The van der Waals surface area contributed by atoms with E-state index in [1.165, 1.54) is 0 Å². The lowest BCUT2D eigenvalue weighted by molar-refractivity contribution is 0.417. The number of thiophene rings is 1. The van der Waals surface area contributed by atoms with Crippen molar-refractivity contribution in [3.8, 4) is 16.3 Å². The maximum absolute atomic E-state index is 6.02. The third kappa shape index (κ3) is 2.80. The molecule has 3 aromatic rings. The second-order valence-electron chi connectivity index (χ2n) is 3.98. The SMILES string of the molecule is COc1ccc(Cl)cc1Nc1nc(-c2cccs2)cs1. The van der Waals surface area contributed by atoms with E-state index < -0.39 is 0 Å². The van der Waals surface area contributed by atoms with E-state index in [9.17, 15) is 0 Å². The van der Waals surface area contributed by atoms with Crippen LogP contribution in [0, 0.1) is 0 Å². The molecule has 6 heteroatoms. The van der Waals surface area contributed by atoms with Crippen LogP contribution in [0.1, 0.15) is 0 Å². The molecule has 0 aliphatic heterocycles. The van der Waals surface area contributed by atoms with Crippen molar-refractivity contribution < 1.29 is 4.74 Å². The van der Waals surface area contributed by atoms with Crippen LogP contribution in [0.15, 0.2) is 41.1 Å². The van der Waals surface area contributed by atoms with Crippen LogP contribution in [0.5, 0.6) is 5.75 Å². The fourth-order valence-corrected chi connectivity index (χ4v) is 3.42. The Balaban J connectivity index is 1.87. The molecule has 2 heterocycles. The summed E-state index contributed by atoms with van der Waals surface area (Å²) in [5.41, 5.74) is 1.79. The number of halogens is 1. The van der Waals surface area contributed by atoms with Gasteiger partial charge in [0, 0.05) is 10.4 Å². The summed E-state index contributed by atoms with van der Waals surface area (Å²) in [5, 5.41) is 8.80. The third-order valence-corrected chi connectivity index (χ3v) is 4.57. The molecule has 0 aliphatic rings. The maximum atomic E-state index is 6.02. The summed E-state index contributed by atoms with van der Waals surface area (Å²) < 4.78 is 5.31. The molecule has 3 nitrogen and oxygen atoms in total. The van der Waals surface area contributed by atoms with Crippen molar-refractivity contribution in [1.82, 2.24) is 4.98 Å². The highest BCUT2D eigenvalue weighted by atomic mass is 35.5. The second kappa shape index (κ2) is 5.83. The second-order valence-corrected chi connectivity index (χ2v) is 6.23. The van der Waals surface area contributed by atoms with E-state index >= 15 is 0 Å². The molecule has 0 saturated heterocycles. The number of benzene rings is 1. The molecule has 0 bridgehead atoms. The van der Waals surface area contributed by atoms with E-state index in [-0.39, 0.29) is 0 Å². The molecule has 20 heavy (non-hydrogen) atoms. The van der Waals surface area contributed by atoms with E-state index in [0.717, 1.165) is 27.1 Å². The van der Waals surface area contributed by atoms with Gasteiger partial charge in [-0.2, -0.15) is 0 Å². The number of hydrogen-bond acceptors (Lipinski definition) is 5. The van der Waals surface area contributed by atoms with Gasteiger partial charge in [-0.1, -0.05) is 17.7 Å². The van der Waals surface area contributed by atoms with Gasteiger partial charge in [0.05, 0.1) is 23.4 Å². The maximum Gasteiger partial charge on any atom is 0.187 e. The molecule has 1 N–H and O–H groups in total. The summed E-state index contributed by atoms with van der Waals surface area (Å²) in [6.07, 6.45) is 0. The summed E-state index contributed by atoms with van der Waals surface area (Å²) in [4.78, 5) is 5.73. The molecule has 0 amide bonds. The minimum atomic E-state index is 0.656. The molecule has 2 aromatic heterocycles. The fraction of sp³-hybridized carbons (Fsp3) is 0.0714. The Kier molecular flexibility index (Phi) is 3.91. The van der Waals surface area contributed by atoms with Crippen molar-refractivity contribution in [3.05, 3.63) is 46.1 Å². The van der Waals surface area contributed by atoms with Crippen molar-refractivity contribution in [1.29, 1.82) is 0 Å². The fourth-order valence-electron chi connectivity index (χ4n) is 1.76. The Morgan fingerprint density at radius 1 is 1.25 bits per heavy atom. The predicted molar refractivity (Wildman–Crippen MR) is 86.7 cm³/mol. The predicted octanol–water partition coefficient (Wildman–Crippen LogP) is 5.28. The van der Waals surface area contributed by atoms with Gasteiger partial charge in [-0.3, -0.25) is 0 Å². The summed E-state index contributed by atoms with van der Waals surface area (Å²) in [5.74, 6) is 0.738.